The molecule has 25 heavy (non-hydrogen) atoms. The Bertz CT molecular complexity index is 839. The first-order valence-electron chi connectivity index (χ1n) is 7.82. The molecule has 0 aliphatic carbocycles. The van der Waals surface area contributed by atoms with Crippen LogP contribution in [0.15, 0.2) is 48.5 Å². The molecule has 2 aromatic carbocycles. The zero-order valence-corrected chi connectivity index (χ0v) is 13.9. The molecule has 1 N–H and O–H groups in total. The third-order valence-electron chi connectivity index (χ3n) is 4.38. The monoisotopic (exact) mass is 358 g/mol. The summed E-state index contributed by atoms with van der Waals surface area (Å²) in [5, 5.41) is 9.79. The summed E-state index contributed by atoms with van der Waals surface area (Å²) in [5.41, 5.74) is 2.17. The van der Waals surface area contributed by atoms with E-state index in [0.29, 0.717) is 16.3 Å². The number of epoxide rings is 1. The summed E-state index contributed by atoms with van der Waals surface area (Å²) < 4.78 is 5.66. The summed E-state index contributed by atoms with van der Waals surface area (Å²) in [6.45, 7) is -0.104. The number of carboxylic acid groups (broad SMARTS) is 1. The Balaban J connectivity index is 1.61. The maximum absolute atomic E-state index is 12.8. The number of fused-ring (bicyclic) bond motifs is 3. The number of rotatable bonds is 5. The van der Waals surface area contributed by atoms with E-state index in [1.165, 1.54) is 0 Å². The van der Waals surface area contributed by atoms with Gasteiger partial charge >= 0.3 is 5.97 Å². The van der Waals surface area contributed by atoms with Crippen molar-refractivity contribution in [1.82, 2.24) is 4.90 Å². The molecule has 2 unspecified atom stereocenters. The van der Waals surface area contributed by atoms with Gasteiger partial charge in [-0.15, -0.1) is 0 Å². The van der Waals surface area contributed by atoms with E-state index in [9.17, 15) is 14.7 Å². The van der Waals surface area contributed by atoms with E-state index in [1.54, 1.807) is 40.1 Å². The Morgan fingerprint density at radius 3 is 2.64 bits per heavy atom. The number of nitrogens with zero attached hydrogens (tertiary/aromatic N) is 2. The van der Waals surface area contributed by atoms with Crippen LogP contribution in [0, 0.1) is 0 Å². The van der Waals surface area contributed by atoms with Gasteiger partial charge in [-0.1, -0.05) is 29.8 Å². The minimum atomic E-state index is -0.979. The molecule has 6 nitrogen and oxygen atoms in total. The lowest BCUT2D eigenvalue weighted by molar-refractivity contribution is -0.135. The topological polar surface area (TPSA) is 73.4 Å². The van der Waals surface area contributed by atoms with Crippen molar-refractivity contribution in [2.45, 2.75) is 12.3 Å². The van der Waals surface area contributed by atoms with Gasteiger partial charge in [0, 0.05) is 16.3 Å². The molecule has 2 aromatic rings. The normalized spacial score (nSPS) is 20.7. The van der Waals surface area contributed by atoms with Crippen molar-refractivity contribution < 1.29 is 19.4 Å². The highest BCUT2D eigenvalue weighted by molar-refractivity contribution is 6.30. The van der Waals surface area contributed by atoms with Crippen LogP contribution in [0.1, 0.15) is 22.0 Å². The summed E-state index contributed by atoms with van der Waals surface area (Å²) in [7, 11) is 0. The fourth-order valence-corrected chi connectivity index (χ4v) is 3.27. The van der Waals surface area contributed by atoms with Crippen LogP contribution >= 0.6 is 11.6 Å². The second-order valence-electron chi connectivity index (χ2n) is 6.02. The van der Waals surface area contributed by atoms with E-state index in [-0.39, 0.29) is 31.5 Å². The first-order chi connectivity index (χ1) is 12.0. The molecule has 2 aliphatic heterocycles. The van der Waals surface area contributed by atoms with Gasteiger partial charge in [-0.25, -0.2) is 0 Å². The molecule has 2 aliphatic rings. The minimum Gasteiger partial charge on any atom is -0.480 e. The number of hydrogen-bond donors (Lipinski definition) is 1. The summed E-state index contributed by atoms with van der Waals surface area (Å²) >= 11 is 5.90. The molecule has 2 atom stereocenters. The molecule has 128 valence electrons. The molecule has 0 bridgehead atoms. The predicted octanol–water partition coefficient (Wildman–Crippen LogP) is 2.74. The lowest BCUT2D eigenvalue weighted by atomic mass is 9.99. The first-order valence-corrected chi connectivity index (χ1v) is 8.20. The van der Waals surface area contributed by atoms with Crippen molar-refractivity contribution in [2.24, 2.45) is 0 Å². The smallest absolute Gasteiger partial charge is 0.323 e. The number of aliphatic carboxylic acids is 1. The quantitative estimate of drug-likeness (QED) is 0.832. The average molecular weight is 359 g/mol. The number of carbonyl (C=O) groups excluding carboxylic acids is 1. The summed E-state index contributed by atoms with van der Waals surface area (Å²) in [4.78, 5) is 27.3. The summed E-state index contributed by atoms with van der Waals surface area (Å²) in [6.07, 6.45) is -0.475. The van der Waals surface area contributed by atoms with E-state index >= 15 is 0 Å². The summed E-state index contributed by atoms with van der Waals surface area (Å²) in [5.74, 6) is -1.13. The van der Waals surface area contributed by atoms with Crippen LogP contribution in [-0.2, 0) is 9.53 Å². The van der Waals surface area contributed by atoms with Crippen molar-refractivity contribution in [3.8, 4) is 0 Å². The molecule has 0 aromatic heterocycles. The Morgan fingerprint density at radius 1 is 1.20 bits per heavy atom. The van der Waals surface area contributed by atoms with Crippen LogP contribution in [0.3, 0.4) is 0 Å². The Labute approximate surface area is 149 Å². The van der Waals surface area contributed by atoms with Gasteiger partial charge in [0.2, 0.25) is 0 Å². The third kappa shape index (κ3) is 2.94. The van der Waals surface area contributed by atoms with Gasteiger partial charge in [0.05, 0.1) is 6.67 Å². The van der Waals surface area contributed by atoms with E-state index in [2.05, 4.69) is 0 Å². The lowest BCUT2D eigenvalue weighted by Crippen LogP contribution is -2.47. The molecule has 4 rings (SSSR count). The van der Waals surface area contributed by atoms with Crippen molar-refractivity contribution in [2.75, 3.05) is 18.1 Å². The largest absolute Gasteiger partial charge is 0.480 e. The van der Waals surface area contributed by atoms with Gasteiger partial charge in [0.25, 0.3) is 5.91 Å². The number of benzene rings is 2. The molecule has 7 heteroatoms. The Hall–Kier alpha value is -2.57. The molecule has 2 heterocycles. The van der Waals surface area contributed by atoms with Gasteiger partial charge in [0.1, 0.15) is 12.6 Å². The molecule has 0 spiro atoms. The Kier molecular flexibility index (Phi) is 3.86. The highest BCUT2D eigenvalue weighted by Gasteiger charge is 2.52. The first kappa shape index (κ1) is 15.9. The molecule has 0 saturated carbocycles. The van der Waals surface area contributed by atoms with Gasteiger partial charge in [-0.2, -0.15) is 0 Å². The molecule has 1 saturated heterocycles. The predicted molar refractivity (Wildman–Crippen MR) is 91.5 cm³/mol. The summed E-state index contributed by atoms with van der Waals surface area (Å²) in [6, 6.07) is 14.2. The van der Waals surface area contributed by atoms with Gasteiger partial charge in [-0.05, 0) is 35.9 Å². The van der Waals surface area contributed by atoms with Gasteiger partial charge < -0.3 is 14.7 Å². The second-order valence-corrected chi connectivity index (χ2v) is 6.46. The molecular weight excluding hydrogens is 344 g/mol. The number of anilines is 1. The Morgan fingerprint density at radius 2 is 1.92 bits per heavy atom. The van der Waals surface area contributed by atoms with Crippen molar-refractivity contribution in [3.05, 3.63) is 64.7 Å². The van der Waals surface area contributed by atoms with Crippen LogP contribution < -0.4 is 4.90 Å². The van der Waals surface area contributed by atoms with Crippen molar-refractivity contribution in [3.63, 3.8) is 0 Å². The fraction of sp³-hybridized carbons (Fsp3) is 0.222. The van der Waals surface area contributed by atoms with E-state index in [1.807, 2.05) is 18.2 Å². The standard InChI is InChI=1S/C18H15ClN2O4/c19-11-5-7-12(8-6-11)20(9-15(22)23)10-21-17(24)14-4-2-1-3-13(14)16-18(21)25-16/h1-8,16,18H,9-10H2,(H,22,23). The van der Waals surface area contributed by atoms with Crippen LogP contribution in [0.5, 0.6) is 0 Å². The van der Waals surface area contributed by atoms with E-state index < -0.39 is 5.97 Å². The van der Waals surface area contributed by atoms with Crippen molar-refractivity contribution in [1.29, 1.82) is 0 Å². The van der Waals surface area contributed by atoms with Crippen LogP contribution in [0.25, 0.3) is 0 Å². The zero-order chi connectivity index (χ0) is 17.6. The third-order valence-corrected chi connectivity index (χ3v) is 4.63. The second kappa shape index (κ2) is 6.06. The fourth-order valence-electron chi connectivity index (χ4n) is 3.15. The number of hydrogen-bond acceptors (Lipinski definition) is 4. The number of amides is 1. The minimum absolute atomic E-state index is 0.127. The van der Waals surface area contributed by atoms with Crippen molar-refractivity contribution >= 4 is 29.2 Å². The molecule has 1 fully saturated rings. The molecule has 1 amide bonds. The molecular formula is C18H15ClN2O4. The SMILES string of the molecule is O=C(O)CN(CN1C(=O)c2ccccc2C2OC21)c1ccc(Cl)cc1. The lowest BCUT2D eigenvalue weighted by Gasteiger charge is -2.32. The number of carbonyl (C=O) groups is 2. The molecule has 0 radical (unpaired) electrons. The van der Waals surface area contributed by atoms with Gasteiger partial charge in [-0.3, -0.25) is 14.5 Å². The number of carboxylic acids is 1. The number of ether oxygens (including phenoxy) is 1. The van der Waals surface area contributed by atoms with Crippen LogP contribution in [-0.4, -0.2) is 41.3 Å². The van der Waals surface area contributed by atoms with E-state index in [0.717, 1.165) is 5.56 Å². The maximum atomic E-state index is 12.8. The van der Waals surface area contributed by atoms with Crippen LogP contribution in [0.2, 0.25) is 5.02 Å². The average Bonchev–Trinajstić information content (AvgIpc) is 3.39. The maximum Gasteiger partial charge on any atom is 0.323 e. The highest BCUT2D eigenvalue weighted by Crippen LogP contribution is 2.46. The van der Waals surface area contributed by atoms with Crippen LogP contribution in [0.4, 0.5) is 5.69 Å². The van der Waals surface area contributed by atoms with E-state index in [4.69, 9.17) is 16.3 Å². The highest BCUT2D eigenvalue weighted by atomic mass is 35.5. The zero-order valence-electron chi connectivity index (χ0n) is 13.1. The van der Waals surface area contributed by atoms with Gasteiger partial charge in [0.15, 0.2) is 6.23 Å². The number of halogens is 1.